The van der Waals surface area contributed by atoms with Gasteiger partial charge in [0.2, 0.25) is 17.7 Å². The van der Waals surface area contributed by atoms with Gasteiger partial charge in [0.15, 0.2) is 0 Å². The van der Waals surface area contributed by atoms with Crippen LogP contribution in [0.1, 0.15) is 26.2 Å². The maximum absolute atomic E-state index is 13.0. The van der Waals surface area contributed by atoms with Gasteiger partial charge in [-0.25, -0.2) is 0 Å². The van der Waals surface area contributed by atoms with Crippen LogP contribution in [0.25, 0.3) is 0 Å². The zero-order valence-corrected chi connectivity index (χ0v) is 18.1. The molecule has 30 heavy (non-hydrogen) atoms. The fourth-order valence-corrected chi connectivity index (χ4v) is 4.99. The number of fused-ring (bicyclic) bond motifs is 1. The predicted molar refractivity (Wildman–Crippen MR) is 114 cm³/mol. The van der Waals surface area contributed by atoms with E-state index in [0.717, 1.165) is 25.9 Å². The molecule has 3 aliphatic rings. The van der Waals surface area contributed by atoms with Crippen LogP contribution in [0.3, 0.4) is 0 Å². The second kappa shape index (κ2) is 8.70. The quantitative estimate of drug-likeness (QED) is 0.558. The zero-order valence-electron chi connectivity index (χ0n) is 16.6. The highest BCUT2D eigenvalue weighted by atomic mass is 35.5. The molecule has 162 valence electrons. The molecule has 0 saturated carbocycles. The highest BCUT2D eigenvalue weighted by Gasteiger charge is 2.49. The van der Waals surface area contributed by atoms with Crippen LogP contribution in [0.15, 0.2) is 18.2 Å². The molecule has 10 heteroatoms. The average molecular weight is 454 g/mol. The van der Waals surface area contributed by atoms with E-state index in [1.807, 2.05) is 0 Å². The molecule has 0 spiro atoms. The van der Waals surface area contributed by atoms with E-state index in [1.54, 1.807) is 12.1 Å². The summed E-state index contributed by atoms with van der Waals surface area (Å²) in [5.41, 5.74) is 0.387. The number of benzene rings is 1. The lowest BCUT2D eigenvalue weighted by molar-refractivity contribution is -0.148. The monoisotopic (exact) mass is 453 g/mol. The molecule has 3 heterocycles. The van der Waals surface area contributed by atoms with E-state index in [4.69, 9.17) is 23.2 Å². The molecule has 5 unspecified atom stereocenters. The van der Waals surface area contributed by atoms with Crippen LogP contribution in [0.5, 0.6) is 0 Å². The Morgan fingerprint density at radius 2 is 2.03 bits per heavy atom. The molecule has 1 aromatic carbocycles. The first-order chi connectivity index (χ1) is 14.3. The minimum Gasteiger partial charge on any atom is -0.340 e. The topological polar surface area (TPSA) is 103 Å². The molecule has 8 nitrogen and oxygen atoms in total. The molecule has 3 fully saturated rings. The number of hydrogen-bond acceptors (Lipinski definition) is 5. The molecule has 3 amide bonds. The molecule has 4 rings (SSSR count). The number of halogens is 2. The minimum atomic E-state index is -0.816. The number of carbonyl (C=O) groups excluding carboxylic acids is 3. The van der Waals surface area contributed by atoms with Gasteiger partial charge in [0.25, 0.3) is 0 Å². The Morgan fingerprint density at radius 3 is 2.77 bits per heavy atom. The van der Waals surface area contributed by atoms with E-state index in [1.165, 1.54) is 6.07 Å². The van der Waals surface area contributed by atoms with Gasteiger partial charge in [-0.3, -0.25) is 24.6 Å². The van der Waals surface area contributed by atoms with Gasteiger partial charge in [0.1, 0.15) is 6.29 Å². The SMILES string of the molecule is CC1CCCN(C2NC(=O)C3C(NC(=O)CC3C(=O)Nc3ccc(Cl)cc3Cl)N2)C1. The summed E-state index contributed by atoms with van der Waals surface area (Å²) in [5.74, 6) is -1.93. The summed E-state index contributed by atoms with van der Waals surface area (Å²) in [5, 5.41) is 12.6. The number of nitrogens with one attached hydrogen (secondary N) is 4. The van der Waals surface area contributed by atoms with Gasteiger partial charge in [0.05, 0.1) is 28.7 Å². The van der Waals surface area contributed by atoms with Crippen molar-refractivity contribution >= 4 is 46.6 Å². The first-order valence-corrected chi connectivity index (χ1v) is 10.9. The van der Waals surface area contributed by atoms with Crippen molar-refractivity contribution in [2.75, 3.05) is 18.4 Å². The van der Waals surface area contributed by atoms with Crippen LogP contribution < -0.4 is 21.3 Å². The Balaban J connectivity index is 1.49. The third kappa shape index (κ3) is 4.42. The van der Waals surface area contributed by atoms with E-state index < -0.39 is 23.9 Å². The van der Waals surface area contributed by atoms with Gasteiger partial charge < -0.3 is 16.0 Å². The molecule has 3 aliphatic heterocycles. The van der Waals surface area contributed by atoms with Gasteiger partial charge >= 0.3 is 0 Å². The summed E-state index contributed by atoms with van der Waals surface area (Å²) in [7, 11) is 0. The molecule has 4 N–H and O–H groups in total. The van der Waals surface area contributed by atoms with E-state index >= 15 is 0 Å². The van der Waals surface area contributed by atoms with Gasteiger partial charge in [-0.2, -0.15) is 0 Å². The molecule has 0 bridgehead atoms. The summed E-state index contributed by atoms with van der Waals surface area (Å²) in [6.45, 7) is 3.92. The Hall–Kier alpha value is -1.87. The summed E-state index contributed by atoms with van der Waals surface area (Å²) < 4.78 is 0. The number of anilines is 1. The first kappa shape index (κ1) is 21.4. The molecule has 0 aromatic heterocycles. The molecule has 0 aliphatic carbocycles. The van der Waals surface area contributed by atoms with Crippen molar-refractivity contribution in [3.05, 3.63) is 28.2 Å². The van der Waals surface area contributed by atoms with Crippen molar-refractivity contribution in [3.63, 3.8) is 0 Å². The van der Waals surface area contributed by atoms with Crippen LogP contribution in [0, 0.1) is 17.8 Å². The summed E-state index contributed by atoms with van der Waals surface area (Å²) in [6, 6.07) is 4.72. The molecular weight excluding hydrogens is 429 g/mol. The lowest BCUT2D eigenvalue weighted by Gasteiger charge is -2.47. The van der Waals surface area contributed by atoms with Gasteiger partial charge in [-0.1, -0.05) is 30.1 Å². The lowest BCUT2D eigenvalue weighted by Crippen LogP contribution is -2.74. The Labute approximate surface area is 185 Å². The second-order valence-corrected chi connectivity index (χ2v) is 9.16. The lowest BCUT2D eigenvalue weighted by atomic mass is 9.81. The average Bonchev–Trinajstić information content (AvgIpc) is 2.69. The van der Waals surface area contributed by atoms with Gasteiger partial charge in [-0.15, -0.1) is 0 Å². The van der Waals surface area contributed by atoms with Crippen LogP contribution in [0.2, 0.25) is 10.0 Å². The fraction of sp³-hybridized carbons (Fsp3) is 0.550. The zero-order chi connectivity index (χ0) is 21.4. The standard InChI is InChI=1S/C20H25Cl2N5O3/c1-10-3-2-6-27(9-10)20-25-17-16(19(30)26-20)12(8-15(28)24-17)18(29)23-14-5-4-11(21)7-13(14)22/h4-5,7,10,12,16-17,20,25H,2-3,6,8-9H2,1H3,(H,23,29)(H,24,28)(H,26,30). The molecule has 5 atom stereocenters. The highest BCUT2D eigenvalue weighted by molar-refractivity contribution is 6.36. The van der Waals surface area contributed by atoms with Crippen LogP contribution >= 0.6 is 23.2 Å². The third-order valence-corrected chi connectivity index (χ3v) is 6.56. The summed E-state index contributed by atoms with van der Waals surface area (Å²) >= 11 is 12.1. The number of piperidine rings is 2. The van der Waals surface area contributed by atoms with E-state index in [9.17, 15) is 14.4 Å². The number of carbonyl (C=O) groups is 3. The van der Waals surface area contributed by atoms with Crippen molar-refractivity contribution in [3.8, 4) is 0 Å². The Morgan fingerprint density at radius 1 is 1.23 bits per heavy atom. The third-order valence-electron chi connectivity index (χ3n) is 6.01. The number of rotatable bonds is 3. The van der Waals surface area contributed by atoms with Crippen molar-refractivity contribution in [1.29, 1.82) is 0 Å². The van der Waals surface area contributed by atoms with Crippen LogP contribution in [0.4, 0.5) is 5.69 Å². The highest BCUT2D eigenvalue weighted by Crippen LogP contribution is 2.31. The van der Waals surface area contributed by atoms with E-state index in [2.05, 4.69) is 33.1 Å². The fourth-order valence-electron chi connectivity index (χ4n) is 4.53. The van der Waals surface area contributed by atoms with E-state index in [0.29, 0.717) is 16.6 Å². The number of likely N-dealkylation sites (tertiary alicyclic amines) is 1. The van der Waals surface area contributed by atoms with Crippen LogP contribution in [-0.2, 0) is 14.4 Å². The smallest absolute Gasteiger partial charge is 0.229 e. The minimum absolute atomic E-state index is 0.0707. The molecular formula is C20H25Cl2N5O3. The van der Waals surface area contributed by atoms with Crippen molar-refractivity contribution < 1.29 is 14.4 Å². The molecule has 3 saturated heterocycles. The first-order valence-electron chi connectivity index (χ1n) is 10.2. The molecule has 1 aromatic rings. The van der Waals surface area contributed by atoms with Gasteiger partial charge in [-0.05, 0) is 37.0 Å². The van der Waals surface area contributed by atoms with Gasteiger partial charge in [0, 0.05) is 24.5 Å². The van der Waals surface area contributed by atoms with Crippen LogP contribution in [-0.4, -0.2) is 48.2 Å². The van der Waals surface area contributed by atoms with Crippen molar-refractivity contribution in [1.82, 2.24) is 20.9 Å². The Kier molecular flexibility index (Phi) is 6.20. The predicted octanol–water partition coefficient (Wildman–Crippen LogP) is 1.75. The largest absolute Gasteiger partial charge is 0.340 e. The maximum Gasteiger partial charge on any atom is 0.229 e. The normalized spacial score (nSPS) is 32.0. The summed E-state index contributed by atoms with van der Waals surface area (Å²) in [4.78, 5) is 40.5. The molecule has 0 radical (unpaired) electrons. The van der Waals surface area contributed by atoms with E-state index in [-0.39, 0.29) is 29.5 Å². The summed E-state index contributed by atoms with van der Waals surface area (Å²) in [6.07, 6.45) is 1.17. The second-order valence-electron chi connectivity index (χ2n) is 8.32. The Bertz CT molecular complexity index is 867. The number of nitrogens with zero attached hydrogens (tertiary/aromatic N) is 1. The van der Waals surface area contributed by atoms with Crippen molar-refractivity contribution in [2.24, 2.45) is 17.8 Å². The van der Waals surface area contributed by atoms with Crippen molar-refractivity contribution in [2.45, 2.75) is 38.6 Å². The maximum atomic E-state index is 13.0. The number of amides is 3. The number of hydrogen-bond donors (Lipinski definition) is 4.